The number of halogens is 3. The second kappa shape index (κ2) is 3.70. The molecule has 1 aromatic carbocycles. The Hall–Kier alpha value is -2.10. The van der Waals surface area contributed by atoms with Crippen molar-refractivity contribution in [2.24, 2.45) is 0 Å². The summed E-state index contributed by atoms with van der Waals surface area (Å²) >= 11 is 0. The van der Waals surface area contributed by atoms with E-state index < -0.39 is 11.7 Å². The lowest BCUT2D eigenvalue weighted by molar-refractivity contribution is -0.511. The number of hydrogen-bond acceptors (Lipinski definition) is 0. The first kappa shape index (κ1) is 11.0. The van der Waals surface area contributed by atoms with Crippen LogP contribution in [0, 0.1) is 0 Å². The zero-order valence-corrected chi connectivity index (χ0v) is 9.28. The van der Waals surface area contributed by atoms with Crippen LogP contribution in [0.25, 0.3) is 16.3 Å². The van der Waals surface area contributed by atoms with Gasteiger partial charge in [0.25, 0.3) is 0 Å². The van der Waals surface area contributed by atoms with Gasteiger partial charge < -0.3 is 0 Å². The quantitative estimate of drug-likeness (QED) is 0.423. The first-order valence-electron chi connectivity index (χ1n) is 5.46. The molecule has 90 valence electrons. The third-order valence-corrected chi connectivity index (χ3v) is 2.94. The zero-order valence-electron chi connectivity index (χ0n) is 9.28. The molecule has 0 amide bonds. The molecule has 2 aromatic heterocycles. The van der Waals surface area contributed by atoms with Gasteiger partial charge >= 0.3 is 6.18 Å². The SMILES string of the molecule is FC(F)(F)c1c2ccccc2c[n+]2ccccc12. The Bertz CT molecular complexity index is 678. The molecule has 1 nitrogen and oxygen atoms in total. The van der Waals surface area contributed by atoms with Crippen molar-refractivity contribution < 1.29 is 17.6 Å². The van der Waals surface area contributed by atoms with Gasteiger partial charge in [0.15, 0.2) is 12.4 Å². The van der Waals surface area contributed by atoms with E-state index >= 15 is 0 Å². The maximum atomic E-state index is 13.2. The molecular formula is C14H9F3N+. The van der Waals surface area contributed by atoms with E-state index in [1.54, 1.807) is 42.7 Å². The van der Waals surface area contributed by atoms with Crippen LogP contribution in [-0.4, -0.2) is 0 Å². The van der Waals surface area contributed by atoms with Crippen molar-refractivity contribution in [3.05, 3.63) is 60.4 Å². The van der Waals surface area contributed by atoms with Crippen LogP contribution in [-0.2, 0) is 6.18 Å². The smallest absolute Gasteiger partial charge is 0.166 e. The predicted octanol–water partition coefficient (Wildman–Crippen LogP) is 3.60. The van der Waals surface area contributed by atoms with Crippen LogP contribution in [0.1, 0.15) is 5.56 Å². The lowest BCUT2D eigenvalue weighted by Gasteiger charge is -2.09. The number of hydrogen-bond donors (Lipinski definition) is 0. The molecule has 0 unspecified atom stereocenters. The molecule has 3 rings (SSSR count). The molecule has 18 heavy (non-hydrogen) atoms. The van der Waals surface area contributed by atoms with Gasteiger partial charge in [-0.25, -0.2) is 0 Å². The Kier molecular flexibility index (Phi) is 2.26. The number of alkyl halides is 3. The number of rotatable bonds is 0. The van der Waals surface area contributed by atoms with E-state index in [1.165, 1.54) is 16.5 Å². The van der Waals surface area contributed by atoms with Gasteiger partial charge in [0.05, 0.1) is 0 Å². The van der Waals surface area contributed by atoms with Gasteiger partial charge in [-0.05, 0) is 12.1 Å². The van der Waals surface area contributed by atoms with Crippen LogP contribution < -0.4 is 4.40 Å². The summed E-state index contributed by atoms with van der Waals surface area (Å²) in [5, 5.41) is 0.810. The largest absolute Gasteiger partial charge is 0.423 e. The maximum Gasteiger partial charge on any atom is 0.423 e. The lowest BCUT2D eigenvalue weighted by Crippen LogP contribution is -2.24. The summed E-state index contributed by atoms with van der Waals surface area (Å²) in [5.74, 6) is 0. The Morgan fingerprint density at radius 3 is 2.39 bits per heavy atom. The minimum atomic E-state index is -4.37. The molecule has 2 heterocycles. The fourth-order valence-electron chi connectivity index (χ4n) is 2.20. The van der Waals surface area contributed by atoms with Crippen LogP contribution in [0.3, 0.4) is 0 Å². The minimum Gasteiger partial charge on any atom is -0.166 e. The van der Waals surface area contributed by atoms with E-state index in [0.717, 1.165) is 0 Å². The topological polar surface area (TPSA) is 4.10 Å². The van der Waals surface area contributed by atoms with Gasteiger partial charge in [0, 0.05) is 22.9 Å². The summed E-state index contributed by atoms with van der Waals surface area (Å²) in [6.45, 7) is 0. The van der Waals surface area contributed by atoms with E-state index in [0.29, 0.717) is 5.39 Å². The molecule has 0 radical (unpaired) electrons. The summed E-state index contributed by atoms with van der Waals surface area (Å²) in [6, 6.07) is 11.3. The van der Waals surface area contributed by atoms with Gasteiger partial charge in [0.2, 0.25) is 5.52 Å². The third kappa shape index (κ3) is 1.61. The van der Waals surface area contributed by atoms with Crippen LogP contribution in [0.4, 0.5) is 13.2 Å². The highest BCUT2D eigenvalue weighted by Gasteiger charge is 2.37. The van der Waals surface area contributed by atoms with Gasteiger partial charge in [-0.1, -0.05) is 18.2 Å². The number of fused-ring (bicyclic) bond motifs is 2. The zero-order chi connectivity index (χ0) is 12.8. The maximum absolute atomic E-state index is 13.2. The Labute approximate surface area is 101 Å². The normalized spacial score (nSPS) is 12.2. The third-order valence-electron chi connectivity index (χ3n) is 2.94. The second-order valence-corrected chi connectivity index (χ2v) is 4.08. The predicted molar refractivity (Wildman–Crippen MR) is 62.1 cm³/mol. The van der Waals surface area contributed by atoms with Gasteiger partial charge in [-0.15, -0.1) is 0 Å². The molecule has 4 heteroatoms. The summed E-state index contributed by atoms with van der Waals surface area (Å²) in [6.07, 6.45) is -1.04. The molecule has 3 aromatic rings. The van der Waals surface area contributed by atoms with Crippen LogP contribution in [0.5, 0.6) is 0 Å². The molecule has 0 aliphatic heterocycles. The molecule has 0 fully saturated rings. The first-order chi connectivity index (χ1) is 8.57. The van der Waals surface area contributed by atoms with Crippen molar-refractivity contribution in [1.82, 2.24) is 0 Å². The molecule has 0 saturated heterocycles. The average molecular weight is 248 g/mol. The molecule has 0 aliphatic carbocycles. The molecule has 0 N–H and O–H groups in total. The number of benzene rings is 1. The summed E-state index contributed by atoms with van der Waals surface area (Å²) in [4.78, 5) is 0. The van der Waals surface area contributed by atoms with Crippen molar-refractivity contribution in [3.63, 3.8) is 0 Å². The summed E-state index contributed by atoms with van der Waals surface area (Å²) in [5.41, 5.74) is -0.412. The average Bonchev–Trinajstić information content (AvgIpc) is 2.34. The summed E-state index contributed by atoms with van der Waals surface area (Å²) < 4.78 is 41.2. The van der Waals surface area contributed by atoms with Crippen molar-refractivity contribution in [1.29, 1.82) is 0 Å². The van der Waals surface area contributed by atoms with Gasteiger partial charge in [-0.2, -0.15) is 17.6 Å². The van der Waals surface area contributed by atoms with E-state index in [9.17, 15) is 13.2 Å². The Balaban J connectivity index is 2.58. The highest BCUT2D eigenvalue weighted by Crippen LogP contribution is 2.36. The van der Waals surface area contributed by atoms with Crippen LogP contribution in [0.2, 0.25) is 0 Å². The van der Waals surface area contributed by atoms with Crippen LogP contribution in [0.15, 0.2) is 54.9 Å². The highest BCUT2D eigenvalue weighted by atomic mass is 19.4. The van der Waals surface area contributed by atoms with E-state index in [2.05, 4.69) is 0 Å². The standard InChI is InChI=1S/C14H9F3N/c15-14(16,17)13-11-6-2-1-5-10(11)9-18-8-4-3-7-12(13)18/h1-9H/q+1. The lowest BCUT2D eigenvalue weighted by atomic mass is 10.0. The second-order valence-electron chi connectivity index (χ2n) is 4.08. The van der Waals surface area contributed by atoms with Gasteiger partial charge in [-0.3, -0.25) is 0 Å². The van der Waals surface area contributed by atoms with E-state index in [1.807, 2.05) is 0 Å². The van der Waals surface area contributed by atoms with E-state index in [-0.39, 0.29) is 10.9 Å². The Morgan fingerprint density at radius 1 is 0.889 bits per heavy atom. The van der Waals surface area contributed by atoms with Crippen LogP contribution >= 0.6 is 0 Å². The highest BCUT2D eigenvalue weighted by molar-refractivity contribution is 5.88. The van der Waals surface area contributed by atoms with E-state index in [4.69, 9.17) is 0 Å². The number of aromatic nitrogens is 1. The molecular weight excluding hydrogens is 239 g/mol. The first-order valence-corrected chi connectivity index (χ1v) is 5.46. The Morgan fingerprint density at radius 2 is 1.61 bits per heavy atom. The molecule has 0 bridgehead atoms. The molecule has 0 atom stereocenters. The number of nitrogens with zero attached hydrogens (tertiary/aromatic N) is 1. The van der Waals surface area contributed by atoms with Crippen molar-refractivity contribution in [3.8, 4) is 0 Å². The van der Waals surface area contributed by atoms with Crippen molar-refractivity contribution >= 4 is 16.3 Å². The monoisotopic (exact) mass is 248 g/mol. The number of pyridine rings is 2. The summed E-state index contributed by atoms with van der Waals surface area (Å²) in [7, 11) is 0. The van der Waals surface area contributed by atoms with Gasteiger partial charge in [0.1, 0.15) is 5.56 Å². The minimum absolute atomic E-state index is 0.170. The molecule has 0 saturated carbocycles. The van der Waals surface area contributed by atoms with Crippen molar-refractivity contribution in [2.75, 3.05) is 0 Å². The molecule has 0 spiro atoms. The fourth-order valence-corrected chi connectivity index (χ4v) is 2.20. The fraction of sp³-hybridized carbons (Fsp3) is 0.0714. The molecule has 0 aliphatic rings. The van der Waals surface area contributed by atoms with Crippen molar-refractivity contribution in [2.45, 2.75) is 6.18 Å².